The maximum Gasteiger partial charge on any atom is 0.254 e. The summed E-state index contributed by atoms with van der Waals surface area (Å²) in [5.74, 6) is 0.531. The van der Waals surface area contributed by atoms with E-state index in [0.717, 1.165) is 26.6 Å². The smallest absolute Gasteiger partial charge is 0.254 e. The summed E-state index contributed by atoms with van der Waals surface area (Å²) in [4.78, 5) is 33.6. The number of benzene rings is 2. The number of rotatable bonds is 2. The van der Waals surface area contributed by atoms with Gasteiger partial charge in [-0.2, -0.15) is 5.10 Å². The molecule has 4 heterocycles. The average molecular weight is 573 g/mol. The standard InChI is InChI=1S/C30H29BrN4O3/c1-29(2,3)35-18-26-27(33-35)25(36)17-30(38-26)12-14-34(15-13-30)28(37)22-16-24(19-8-10-20(31)11-9-19)32-23-7-5-4-6-21(22)23/h4-11,16,18H,12-15,17H2,1-3H3. The van der Waals surface area contributed by atoms with Gasteiger partial charge in [0.2, 0.25) is 0 Å². The van der Waals surface area contributed by atoms with Crippen LogP contribution in [0.25, 0.3) is 22.2 Å². The number of pyridine rings is 1. The number of ketones is 1. The molecule has 0 aliphatic carbocycles. The molecule has 0 N–H and O–H groups in total. The van der Waals surface area contributed by atoms with Crippen molar-refractivity contribution in [3.8, 4) is 17.0 Å². The summed E-state index contributed by atoms with van der Waals surface area (Å²) < 4.78 is 9.23. The fourth-order valence-electron chi connectivity index (χ4n) is 5.30. The molecule has 2 aromatic carbocycles. The zero-order chi connectivity index (χ0) is 26.7. The van der Waals surface area contributed by atoms with Gasteiger partial charge in [0, 0.05) is 41.4 Å². The number of Topliss-reactive ketones (excluding diaryl/α,β-unsaturated/α-hetero) is 1. The van der Waals surface area contributed by atoms with Crippen molar-refractivity contribution in [3.63, 3.8) is 0 Å². The Morgan fingerprint density at radius 1 is 1.05 bits per heavy atom. The number of fused-ring (bicyclic) bond motifs is 2. The van der Waals surface area contributed by atoms with Crippen LogP contribution in [0.3, 0.4) is 0 Å². The number of piperidine rings is 1. The lowest BCUT2D eigenvalue weighted by Crippen LogP contribution is -2.52. The van der Waals surface area contributed by atoms with E-state index in [1.165, 1.54) is 0 Å². The molecule has 2 aliphatic rings. The minimum Gasteiger partial charge on any atom is -0.483 e. The molecule has 1 saturated heterocycles. The van der Waals surface area contributed by atoms with Gasteiger partial charge in [-0.25, -0.2) is 4.98 Å². The zero-order valence-corrected chi connectivity index (χ0v) is 23.3. The van der Waals surface area contributed by atoms with Gasteiger partial charge < -0.3 is 9.64 Å². The number of ether oxygens (including phenoxy) is 1. The van der Waals surface area contributed by atoms with Crippen molar-refractivity contribution >= 4 is 38.5 Å². The third kappa shape index (κ3) is 4.41. The van der Waals surface area contributed by atoms with Crippen molar-refractivity contribution in [2.24, 2.45) is 0 Å². The highest BCUT2D eigenvalue weighted by Gasteiger charge is 2.45. The van der Waals surface area contributed by atoms with Gasteiger partial charge in [0.25, 0.3) is 5.91 Å². The first-order valence-electron chi connectivity index (χ1n) is 12.9. The molecule has 0 saturated carbocycles. The Kier molecular flexibility index (Phi) is 5.90. The number of carbonyl (C=O) groups excluding carboxylic acids is 2. The van der Waals surface area contributed by atoms with Gasteiger partial charge in [-0.3, -0.25) is 14.3 Å². The van der Waals surface area contributed by atoms with Gasteiger partial charge in [0.05, 0.1) is 34.9 Å². The van der Waals surface area contributed by atoms with Gasteiger partial charge in [-0.05, 0) is 45.0 Å². The van der Waals surface area contributed by atoms with Crippen molar-refractivity contribution in [1.29, 1.82) is 0 Å². The number of aromatic nitrogens is 3. The molecule has 194 valence electrons. The Morgan fingerprint density at radius 2 is 1.76 bits per heavy atom. The fraction of sp³-hybridized carbons (Fsp3) is 0.333. The first kappa shape index (κ1) is 24.8. The molecular formula is C30H29BrN4O3. The van der Waals surface area contributed by atoms with E-state index in [9.17, 15) is 9.59 Å². The Hall–Kier alpha value is -3.52. The molecule has 0 radical (unpaired) electrons. The number of nitrogens with zero attached hydrogens (tertiary/aromatic N) is 4. The number of likely N-dealkylation sites (tertiary alicyclic amines) is 1. The number of hydrogen-bond acceptors (Lipinski definition) is 5. The van der Waals surface area contributed by atoms with Gasteiger partial charge in [0.15, 0.2) is 17.2 Å². The number of carbonyl (C=O) groups is 2. The summed E-state index contributed by atoms with van der Waals surface area (Å²) in [5, 5.41) is 5.34. The second-order valence-electron chi connectivity index (χ2n) is 11.2. The SMILES string of the molecule is CC(C)(C)n1cc2c(n1)C(=O)CC1(CCN(C(=O)c3cc(-c4ccc(Br)cc4)nc4ccccc34)CC1)O2. The molecule has 1 spiro atoms. The lowest BCUT2D eigenvalue weighted by molar-refractivity contribution is -0.00581. The lowest BCUT2D eigenvalue weighted by Gasteiger charge is -2.43. The van der Waals surface area contributed by atoms with Crippen LogP contribution in [0.15, 0.2) is 65.3 Å². The normalized spacial score (nSPS) is 16.9. The van der Waals surface area contributed by atoms with Crippen molar-refractivity contribution in [1.82, 2.24) is 19.7 Å². The average Bonchev–Trinajstić information content (AvgIpc) is 3.34. The van der Waals surface area contributed by atoms with Gasteiger partial charge >= 0.3 is 0 Å². The van der Waals surface area contributed by atoms with E-state index in [2.05, 4.69) is 21.0 Å². The van der Waals surface area contributed by atoms with Gasteiger partial charge in [-0.1, -0.05) is 46.3 Å². The number of para-hydroxylation sites is 1. The van der Waals surface area contributed by atoms with Crippen LogP contribution in [0.4, 0.5) is 0 Å². The zero-order valence-electron chi connectivity index (χ0n) is 21.7. The molecule has 0 atom stereocenters. The van der Waals surface area contributed by atoms with Crippen LogP contribution in [-0.2, 0) is 5.54 Å². The molecule has 0 unspecified atom stereocenters. The fourth-order valence-corrected chi connectivity index (χ4v) is 5.57. The summed E-state index contributed by atoms with van der Waals surface area (Å²) in [6.45, 7) is 7.15. The summed E-state index contributed by atoms with van der Waals surface area (Å²) in [6, 6.07) is 17.6. The molecule has 1 fully saturated rings. The number of halogens is 1. The van der Waals surface area contributed by atoms with Crippen LogP contribution in [0.2, 0.25) is 0 Å². The topological polar surface area (TPSA) is 77.3 Å². The Balaban J connectivity index is 1.26. The minimum absolute atomic E-state index is 0.00768. The van der Waals surface area contributed by atoms with E-state index in [0.29, 0.717) is 42.9 Å². The first-order chi connectivity index (χ1) is 18.1. The minimum atomic E-state index is -0.602. The molecular weight excluding hydrogens is 544 g/mol. The molecule has 6 rings (SSSR count). The summed E-state index contributed by atoms with van der Waals surface area (Å²) >= 11 is 3.48. The van der Waals surface area contributed by atoms with E-state index >= 15 is 0 Å². The largest absolute Gasteiger partial charge is 0.483 e. The van der Waals surface area contributed by atoms with Crippen LogP contribution < -0.4 is 4.74 Å². The third-order valence-corrected chi connectivity index (χ3v) is 8.02. The number of amides is 1. The molecule has 2 aliphatic heterocycles. The molecule has 1 amide bonds. The quantitative estimate of drug-likeness (QED) is 0.283. The van der Waals surface area contributed by atoms with Crippen LogP contribution in [-0.4, -0.2) is 50.0 Å². The predicted octanol–water partition coefficient (Wildman–Crippen LogP) is 6.26. The van der Waals surface area contributed by atoms with Gasteiger partial charge in [0.1, 0.15) is 5.60 Å². The van der Waals surface area contributed by atoms with Gasteiger partial charge in [-0.15, -0.1) is 0 Å². The van der Waals surface area contributed by atoms with Crippen molar-refractivity contribution < 1.29 is 14.3 Å². The van der Waals surface area contributed by atoms with E-state index in [1.54, 1.807) is 4.68 Å². The Morgan fingerprint density at radius 3 is 2.47 bits per heavy atom. The molecule has 4 aromatic rings. The predicted molar refractivity (Wildman–Crippen MR) is 150 cm³/mol. The van der Waals surface area contributed by atoms with E-state index in [4.69, 9.17) is 9.72 Å². The van der Waals surface area contributed by atoms with Crippen molar-refractivity contribution in [3.05, 3.63) is 76.5 Å². The monoisotopic (exact) mass is 572 g/mol. The Bertz CT molecular complexity index is 1560. The highest BCUT2D eigenvalue weighted by Crippen LogP contribution is 2.40. The molecule has 2 aromatic heterocycles. The summed E-state index contributed by atoms with van der Waals surface area (Å²) in [7, 11) is 0. The number of hydrogen-bond donors (Lipinski definition) is 0. The van der Waals surface area contributed by atoms with Crippen LogP contribution in [0, 0.1) is 0 Å². The second-order valence-corrected chi connectivity index (χ2v) is 12.1. The second kappa shape index (κ2) is 9.05. The molecule has 38 heavy (non-hydrogen) atoms. The highest BCUT2D eigenvalue weighted by atomic mass is 79.9. The van der Waals surface area contributed by atoms with E-state index in [-0.39, 0.29) is 23.7 Å². The molecule has 7 nitrogen and oxygen atoms in total. The third-order valence-electron chi connectivity index (χ3n) is 7.49. The summed E-state index contributed by atoms with van der Waals surface area (Å²) in [5.41, 5.74) is 2.70. The maximum atomic E-state index is 13.9. The lowest BCUT2D eigenvalue weighted by atomic mass is 9.83. The first-order valence-corrected chi connectivity index (χ1v) is 13.7. The van der Waals surface area contributed by atoms with E-state index < -0.39 is 5.60 Å². The van der Waals surface area contributed by atoms with Crippen LogP contribution in [0.1, 0.15) is 60.9 Å². The summed E-state index contributed by atoms with van der Waals surface area (Å²) in [6.07, 6.45) is 3.30. The molecule has 8 heteroatoms. The van der Waals surface area contributed by atoms with E-state index in [1.807, 2.05) is 86.5 Å². The Labute approximate surface area is 229 Å². The maximum absolute atomic E-state index is 13.9. The van der Waals surface area contributed by atoms with Crippen LogP contribution in [0.5, 0.6) is 5.75 Å². The van der Waals surface area contributed by atoms with Crippen molar-refractivity contribution in [2.75, 3.05) is 13.1 Å². The van der Waals surface area contributed by atoms with Crippen molar-refractivity contribution in [2.45, 2.75) is 51.2 Å². The highest BCUT2D eigenvalue weighted by molar-refractivity contribution is 9.10. The van der Waals surface area contributed by atoms with Crippen LogP contribution >= 0.6 is 15.9 Å². The molecule has 0 bridgehead atoms.